The van der Waals surface area contributed by atoms with Crippen LogP contribution in [-0.4, -0.2) is 0 Å². The van der Waals surface area contributed by atoms with Crippen molar-refractivity contribution in [1.82, 2.24) is 0 Å². The minimum atomic E-state index is 1.10. The predicted octanol–water partition coefficient (Wildman–Crippen LogP) is 3.43. The summed E-state index contributed by atoms with van der Waals surface area (Å²) in [6.45, 7) is 0. The second-order valence-electron chi connectivity index (χ2n) is 3.70. The first-order valence-electron chi connectivity index (χ1n) is 5.27. The van der Waals surface area contributed by atoms with Crippen LogP contribution in [0.1, 0.15) is 11.1 Å². The molecular weight excluding hydrogens is 212 g/mol. The molecule has 2 aromatic carbocycles. The summed E-state index contributed by atoms with van der Waals surface area (Å²) < 4.78 is 0. The van der Waals surface area contributed by atoms with E-state index in [0.29, 0.717) is 0 Å². The molecule has 0 atom stereocenters. The molecule has 1 aliphatic rings. The van der Waals surface area contributed by atoms with Crippen molar-refractivity contribution in [2.45, 2.75) is 6.42 Å². The summed E-state index contributed by atoms with van der Waals surface area (Å²) in [5.41, 5.74) is 13.0. The molecule has 4 nitrogen and oxygen atoms in total. The summed E-state index contributed by atoms with van der Waals surface area (Å²) in [6.07, 6.45) is 1.10. The maximum atomic E-state index is 7.21. The number of nitrogens with two attached hydrogens (primary N) is 1. The van der Waals surface area contributed by atoms with Crippen molar-refractivity contribution in [3.63, 3.8) is 0 Å². The second kappa shape index (κ2) is 5.05. The highest BCUT2D eigenvalue weighted by Crippen LogP contribution is 2.35. The molecule has 0 radical (unpaired) electrons. The number of hydrogen-bond acceptors (Lipinski definition) is 1. The average Bonchev–Trinajstić information content (AvgIpc) is 2.77. The molecule has 17 heavy (non-hydrogen) atoms. The maximum absolute atomic E-state index is 7.21. The minimum absolute atomic E-state index is 1.10. The van der Waals surface area contributed by atoms with Crippen LogP contribution in [0.5, 0.6) is 0 Å². The fourth-order valence-corrected chi connectivity index (χ4v) is 2.08. The summed E-state index contributed by atoms with van der Waals surface area (Å²) >= 11 is 0. The maximum Gasteiger partial charge on any atom is -0.00135 e. The molecule has 0 bridgehead atoms. The molecular formula is C13H12N4. The molecule has 0 aliphatic heterocycles. The van der Waals surface area contributed by atoms with Crippen molar-refractivity contribution in [3.05, 3.63) is 70.1 Å². The molecule has 0 saturated carbocycles. The van der Waals surface area contributed by atoms with Gasteiger partial charge in [0.15, 0.2) is 0 Å². The third-order valence-corrected chi connectivity index (χ3v) is 2.76. The van der Waals surface area contributed by atoms with Gasteiger partial charge in [-0.2, -0.15) is 4.91 Å². The van der Waals surface area contributed by atoms with E-state index in [4.69, 9.17) is 5.53 Å². The molecule has 2 N–H and O–H groups in total. The second-order valence-corrected chi connectivity index (χ2v) is 3.70. The van der Waals surface area contributed by atoms with Crippen LogP contribution in [0.2, 0.25) is 0 Å². The van der Waals surface area contributed by atoms with Gasteiger partial charge in [-0.15, -0.1) is 5.53 Å². The Bertz CT molecular complexity index is 528. The molecule has 0 unspecified atom stereocenters. The monoisotopic (exact) mass is 224 g/mol. The van der Waals surface area contributed by atoms with Crippen LogP contribution < -0.4 is 5.84 Å². The molecule has 0 spiro atoms. The SMILES string of the molecule is [N-]=[N+]=NN.c1ccc2c(c1)Cc1ccccc1-2. The Morgan fingerprint density at radius 3 is 1.76 bits per heavy atom. The van der Waals surface area contributed by atoms with Crippen LogP contribution >= 0.6 is 0 Å². The lowest BCUT2D eigenvalue weighted by Crippen LogP contribution is -1.77. The highest BCUT2D eigenvalue weighted by Gasteiger charge is 2.15. The molecule has 84 valence electrons. The van der Waals surface area contributed by atoms with Gasteiger partial charge in [0, 0.05) is 0 Å². The Balaban J connectivity index is 0.000000239. The Morgan fingerprint density at radius 2 is 1.35 bits per heavy atom. The molecule has 3 rings (SSSR count). The number of fused-ring (bicyclic) bond motifs is 3. The van der Waals surface area contributed by atoms with Crippen LogP contribution in [0.4, 0.5) is 0 Å². The van der Waals surface area contributed by atoms with Crippen molar-refractivity contribution >= 4 is 0 Å². The Hall–Kier alpha value is -2.45. The smallest absolute Gasteiger partial charge is 0.00135 e. The van der Waals surface area contributed by atoms with Crippen molar-refractivity contribution in [2.24, 2.45) is 11.1 Å². The van der Waals surface area contributed by atoms with E-state index in [2.05, 4.69) is 64.5 Å². The average molecular weight is 224 g/mol. The van der Waals surface area contributed by atoms with E-state index in [1.165, 1.54) is 22.3 Å². The topological polar surface area (TPSA) is 74.8 Å². The van der Waals surface area contributed by atoms with Gasteiger partial charge in [0.25, 0.3) is 0 Å². The molecule has 0 aromatic heterocycles. The Kier molecular flexibility index (Phi) is 3.28. The molecule has 0 saturated heterocycles. The van der Waals surface area contributed by atoms with E-state index in [-0.39, 0.29) is 0 Å². The van der Waals surface area contributed by atoms with Gasteiger partial charge in [-0.05, 0) is 33.9 Å². The number of hydrogen-bond donors (Lipinski definition) is 1. The van der Waals surface area contributed by atoms with Crippen LogP contribution in [-0.2, 0) is 6.42 Å². The van der Waals surface area contributed by atoms with E-state index in [1.54, 1.807) is 0 Å². The fourth-order valence-electron chi connectivity index (χ4n) is 2.08. The molecule has 0 heterocycles. The van der Waals surface area contributed by atoms with E-state index < -0.39 is 0 Å². The first-order valence-corrected chi connectivity index (χ1v) is 5.27. The normalized spacial score (nSPS) is 10.4. The molecule has 1 aliphatic carbocycles. The summed E-state index contributed by atoms with van der Waals surface area (Å²) in [4.78, 5) is 2.14. The zero-order valence-electron chi connectivity index (χ0n) is 9.24. The van der Waals surface area contributed by atoms with Gasteiger partial charge in [0.1, 0.15) is 0 Å². The van der Waals surface area contributed by atoms with E-state index in [9.17, 15) is 0 Å². The summed E-state index contributed by atoms with van der Waals surface area (Å²) in [7, 11) is 0. The molecule has 0 amide bonds. The zero-order chi connectivity index (χ0) is 12.1. The van der Waals surface area contributed by atoms with Gasteiger partial charge in [-0.1, -0.05) is 48.5 Å². The highest BCUT2D eigenvalue weighted by atomic mass is 15.3. The summed E-state index contributed by atoms with van der Waals surface area (Å²) in [5.74, 6) is 4.24. The molecule has 4 heteroatoms. The van der Waals surface area contributed by atoms with Crippen LogP contribution in [0, 0.1) is 0 Å². The van der Waals surface area contributed by atoms with Crippen molar-refractivity contribution in [1.29, 1.82) is 0 Å². The van der Waals surface area contributed by atoms with Gasteiger partial charge in [0.2, 0.25) is 0 Å². The van der Waals surface area contributed by atoms with Crippen molar-refractivity contribution in [3.8, 4) is 11.1 Å². The van der Waals surface area contributed by atoms with Gasteiger partial charge in [-0.3, -0.25) is 5.84 Å². The molecule has 2 aromatic rings. The predicted molar refractivity (Wildman–Crippen MR) is 68.0 cm³/mol. The largest absolute Gasteiger partial charge is 0.274 e. The third-order valence-electron chi connectivity index (χ3n) is 2.76. The quantitative estimate of drug-likeness (QED) is 0.205. The zero-order valence-corrected chi connectivity index (χ0v) is 9.24. The van der Waals surface area contributed by atoms with Gasteiger partial charge in [-0.25, -0.2) is 0 Å². The first kappa shape index (κ1) is 11.0. The Morgan fingerprint density at radius 1 is 0.941 bits per heavy atom. The fraction of sp³-hybridized carbons (Fsp3) is 0.0769. The van der Waals surface area contributed by atoms with Crippen molar-refractivity contribution < 1.29 is 0 Å². The lowest BCUT2D eigenvalue weighted by molar-refractivity contribution is 1.21. The summed E-state index contributed by atoms with van der Waals surface area (Å²) in [6, 6.07) is 17.3. The molecule has 0 fully saturated rings. The van der Waals surface area contributed by atoms with Gasteiger partial charge < -0.3 is 0 Å². The Labute approximate surface area is 99.3 Å². The van der Waals surface area contributed by atoms with Gasteiger partial charge in [0.05, 0.1) is 0 Å². The van der Waals surface area contributed by atoms with E-state index in [0.717, 1.165) is 6.42 Å². The lowest BCUT2D eigenvalue weighted by atomic mass is 10.1. The van der Waals surface area contributed by atoms with Crippen LogP contribution in [0.25, 0.3) is 21.6 Å². The number of nitrogens with zero attached hydrogens (tertiary/aromatic N) is 3. The number of benzene rings is 2. The van der Waals surface area contributed by atoms with Crippen LogP contribution in [0.15, 0.2) is 53.8 Å². The highest BCUT2D eigenvalue weighted by molar-refractivity contribution is 5.76. The number of rotatable bonds is 0. The van der Waals surface area contributed by atoms with E-state index >= 15 is 0 Å². The summed E-state index contributed by atoms with van der Waals surface area (Å²) in [5, 5.41) is 2.42. The lowest BCUT2D eigenvalue weighted by Gasteiger charge is -1.98. The first-order chi connectivity index (χ1) is 8.36. The van der Waals surface area contributed by atoms with E-state index in [1.807, 2.05) is 0 Å². The minimum Gasteiger partial charge on any atom is -0.274 e. The standard InChI is InChI=1S/C13H10.H2N4/c1-3-7-12-10(5-1)9-11-6-2-4-8-13(11)12;1-3-4-2/h1-8H,9H2;1H2. The van der Waals surface area contributed by atoms with Crippen LogP contribution in [0.3, 0.4) is 0 Å². The third kappa shape index (κ3) is 2.22. The number of azide groups is 1. The van der Waals surface area contributed by atoms with Gasteiger partial charge >= 0.3 is 0 Å². The van der Waals surface area contributed by atoms with Crippen molar-refractivity contribution in [2.75, 3.05) is 0 Å².